The molecule has 3 aromatic rings. The van der Waals surface area contributed by atoms with E-state index < -0.39 is 0 Å². The van der Waals surface area contributed by atoms with E-state index in [0.29, 0.717) is 5.56 Å². The van der Waals surface area contributed by atoms with Crippen LogP contribution < -0.4 is 0 Å². The van der Waals surface area contributed by atoms with Gasteiger partial charge < -0.3 is 0 Å². The van der Waals surface area contributed by atoms with Crippen LogP contribution in [0.25, 0.3) is 22.4 Å². The molecule has 0 aliphatic rings. The average Bonchev–Trinajstić information content (AvgIpc) is 2.94. The number of nitrogens with zero attached hydrogens (tertiary/aromatic N) is 3. The quantitative estimate of drug-likeness (QED) is 0.705. The lowest BCUT2D eigenvalue weighted by molar-refractivity contribution is 0.771. The van der Waals surface area contributed by atoms with E-state index in [1.165, 1.54) is 0 Å². The summed E-state index contributed by atoms with van der Waals surface area (Å²) in [7, 11) is 1.91. The highest BCUT2D eigenvalue weighted by Crippen LogP contribution is 2.25. The van der Waals surface area contributed by atoms with E-state index in [2.05, 4.69) is 29.4 Å². The van der Waals surface area contributed by atoms with Gasteiger partial charge in [0.15, 0.2) is 0 Å². The highest BCUT2D eigenvalue weighted by Gasteiger charge is 2.04. The van der Waals surface area contributed by atoms with Crippen LogP contribution in [-0.4, -0.2) is 9.78 Å². The van der Waals surface area contributed by atoms with Crippen molar-refractivity contribution < 1.29 is 0 Å². The van der Waals surface area contributed by atoms with Crippen molar-refractivity contribution in [3.63, 3.8) is 0 Å². The summed E-state index contributed by atoms with van der Waals surface area (Å²) in [6.07, 6.45) is 1.93. The molecule has 1 aromatic heterocycles. The molecule has 0 bridgehead atoms. The van der Waals surface area contributed by atoms with Gasteiger partial charge >= 0.3 is 0 Å². The van der Waals surface area contributed by atoms with Crippen LogP contribution in [0, 0.1) is 11.3 Å². The third-order valence-corrected chi connectivity index (χ3v) is 3.22. The molecular weight excluding hydrogens is 246 g/mol. The standard InChI is InChI=1S/C17H13N3/c1-20-10-9-17(19-20)16-4-2-3-15(11-16)14-7-5-13(12-18)6-8-14/h2-11H,1H3. The van der Waals surface area contributed by atoms with Crippen LogP contribution in [0.5, 0.6) is 0 Å². The molecule has 0 amide bonds. The molecule has 2 aromatic carbocycles. The average molecular weight is 259 g/mol. The fourth-order valence-corrected chi connectivity index (χ4v) is 2.16. The summed E-state index contributed by atoms with van der Waals surface area (Å²) in [5.41, 5.74) is 4.95. The Kier molecular flexibility index (Phi) is 3.06. The van der Waals surface area contributed by atoms with Crippen LogP contribution in [0.3, 0.4) is 0 Å². The van der Waals surface area contributed by atoms with Crippen molar-refractivity contribution in [3.8, 4) is 28.5 Å². The molecule has 1 heterocycles. The lowest BCUT2D eigenvalue weighted by Gasteiger charge is -2.04. The van der Waals surface area contributed by atoms with Gasteiger partial charge in [0.25, 0.3) is 0 Å². The van der Waals surface area contributed by atoms with E-state index in [1.807, 2.05) is 49.6 Å². The SMILES string of the molecule is Cn1ccc(-c2cccc(-c3ccc(C#N)cc3)c2)n1. The molecule has 3 heteroatoms. The second kappa shape index (κ2) is 5.02. The number of aryl methyl sites for hydroxylation is 1. The van der Waals surface area contributed by atoms with Crippen molar-refractivity contribution >= 4 is 0 Å². The molecule has 0 spiro atoms. The summed E-state index contributed by atoms with van der Waals surface area (Å²) in [5, 5.41) is 13.3. The van der Waals surface area contributed by atoms with Crippen molar-refractivity contribution in [3.05, 3.63) is 66.4 Å². The van der Waals surface area contributed by atoms with Gasteiger partial charge in [-0.3, -0.25) is 4.68 Å². The van der Waals surface area contributed by atoms with Gasteiger partial charge in [0.1, 0.15) is 0 Å². The Hall–Kier alpha value is -2.86. The fraction of sp³-hybridized carbons (Fsp3) is 0.0588. The van der Waals surface area contributed by atoms with Gasteiger partial charge in [-0.2, -0.15) is 10.4 Å². The number of rotatable bonds is 2. The van der Waals surface area contributed by atoms with E-state index in [1.54, 1.807) is 4.68 Å². The van der Waals surface area contributed by atoms with Gasteiger partial charge in [0.05, 0.1) is 17.3 Å². The minimum Gasteiger partial charge on any atom is -0.275 e. The smallest absolute Gasteiger partial charge is 0.0991 e. The number of hydrogen-bond donors (Lipinski definition) is 0. The third-order valence-electron chi connectivity index (χ3n) is 3.22. The maximum absolute atomic E-state index is 8.83. The minimum atomic E-state index is 0.676. The van der Waals surface area contributed by atoms with Crippen LogP contribution >= 0.6 is 0 Å². The summed E-state index contributed by atoms with van der Waals surface area (Å²) < 4.78 is 1.80. The monoisotopic (exact) mass is 259 g/mol. The summed E-state index contributed by atoms with van der Waals surface area (Å²) in [6.45, 7) is 0. The first-order valence-corrected chi connectivity index (χ1v) is 6.37. The zero-order valence-electron chi connectivity index (χ0n) is 11.1. The molecule has 96 valence electrons. The Labute approximate surface area is 117 Å². The van der Waals surface area contributed by atoms with Crippen LogP contribution in [0.2, 0.25) is 0 Å². The van der Waals surface area contributed by atoms with Gasteiger partial charge in [-0.15, -0.1) is 0 Å². The largest absolute Gasteiger partial charge is 0.275 e. The minimum absolute atomic E-state index is 0.676. The number of nitriles is 1. The molecule has 0 fully saturated rings. The Balaban J connectivity index is 2.00. The summed E-state index contributed by atoms with van der Waals surface area (Å²) in [5.74, 6) is 0. The maximum Gasteiger partial charge on any atom is 0.0991 e. The van der Waals surface area contributed by atoms with Crippen molar-refractivity contribution in [2.45, 2.75) is 0 Å². The Morgan fingerprint density at radius 1 is 0.950 bits per heavy atom. The summed E-state index contributed by atoms with van der Waals surface area (Å²) in [6, 6.07) is 20.0. The molecule has 0 saturated carbocycles. The molecule has 0 atom stereocenters. The van der Waals surface area contributed by atoms with E-state index in [4.69, 9.17) is 5.26 Å². The lowest BCUT2D eigenvalue weighted by Crippen LogP contribution is -1.88. The first kappa shape index (κ1) is 12.2. The van der Waals surface area contributed by atoms with Crippen LogP contribution in [-0.2, 0) is 7.05 Å². The third kappa shape index (κ3) is 2.32. The molecule has 3 rings (SSSR count). The molecule has 0 saturated heterocycles. The van der Waals surface area contributed by atoms with Crippen LogP contribution in [0.15, 0.2) is 60.8 Å². The second-order valence-corrected chi connectivity index (χ2v) is 4.64. The molecule has 0 aliphatic carbocycles. The summed E-state index contributed by atoms with van der Waals surface area (Å²) >= 11 is 0. The van der Waals surface area contributed by atoms with Crippen molar-refractivity contribution in [1.82, 2.24) is 9.78 Å². The summed E-state index contributed by atoms with van der Waals surface area (Å²) in [4.78, 5) is 0. The highest BCUT2D eigenvalue weighted by atomic mass is 15.2. The first-order valence-electron chi connectivity index (χ1n) is 6.37. The molecule has 0 radical (unpaired) electrons. The molecule has 0 aliphatic heterocycles. The Morgan fingerprint density at radius 2 is 1.70 bits per heavy atom. The van der Waals surface area contributed by atoms with Gasteiger partial charge in [-0.1, -0.05) is 30.3 Å². The number of benzene rings is 2. The Bertz CT molecular complexity index is 776. The van der Waals surface area contributed by atoms with Crippen molar-refractivity contribution in [2.24, 2.45) is 7.05 Å². The van der Waals surface area contributed by atoms with Crippen molar-refractivity contribution in [2.75, 3.05) is 0 Å². The zero-order chi connectivity index (χ0) is 13.9. The van der Waals surface area contributed by atoms with Crippen LogP contribution in [0.4, 0.5) is 0 Å². The lowest BCUT2D eigenvalue weighted by atomic mass is 10.0. The predicted octanol–water partition coefficient (Wildman–Crippen LogP) is 3.63. The predicted molar refractivity (Wildman–Crippen MR) is 78.8 cm³/mol. The fourth-order valence-electron chi connectivity index (χ4n) is 2.16. The molecule has 0 N–H and O–H groups in total. The zero-order valence-corrected chi connectivity index (χ0v) is 11.1. The number of hydrogen-bond acceptors (Lipinski definition) is 2. The second-order valence-electron chi connectivity index (χ2n) is 4.64. The molecule has 0 unspecified atom stereocenters. The topological polar surface area (TPSA) is 41.6 Å². The number of aromatic nitrogens is 2. The Morgan fingerprint density at radius 3 is 2.35 bits per heavy atom. The normalized spacial score (nSPS) is 10.2. The highest BCUT2D eigenvalue weighted by molar-refractivity contribution is 5.71. The van der Waals surface area contributed by atoms with Gasteiger partial charge in [-0.25, -0.2) is 0 Å². The van der Waals surface area contributed by atoms with Crippen LogP contribution in [0.1, 0.15) is 5.56 Å². The van der Waals surface area contributed by atoms with Gasteiger partial charge in [-0.05, 0) is 35.4 Å². The molecule has 3 nitrogen and oxygen atoms in total. The van der Waals surface area contributed by atoms with E-state index in [9.17, 15) is 0 Å². The van der Waals surface area contributed by atoms with E-state index in [0.717, 1.165) is 22.4 Å². The first-order chi connectivity index (χ1) is 9.76. The maximum atomic E-state index is 8.83. The van der Waals surface area contributed by atoms with Crippen molar-refractivity contribution in [1.29, 1.82) is 5.26 Å². The molecule has 20 heavy (non-hydrogen) atoms. The van der Waals surface area contributed by atoms with Gasteiger partial charge in [0.2, 0.25) is 0 Å². The van der Waals surface area contributed by atoms with E-state index in [-0.39, 0.29) is 0 Å². The molecular formula is C17H13N3. The van der Waals surface area contributed by atoms with E-state index >= 15 is 0 Å². The van der Waals surface area contributed by atoms with Gasteiger partial charge in [0, 0.05) is 18.8 Å².